The number of halogens is 3. The van der Waals surface area contributed by atoms with Crippen LogP contribution in [-0.4, -0.2) is 9.78 Å². The average Bonchev–Trinajstić information content (AvgIpc) is 2.66. The van der Waals surface area contributed by atoms with Crippen molar-refractivity contribution in [3.05, 3.63) is 17.5 Å². The number of hydrogen-bond acceptors (Lipinski definition) is 1. The van der Waals surface area contributed by atoms with Gasteiger partial charge in [-0.2, -0.15) is 18.3 Å². The Bertz CT molecular complexity index is 290. The summed E-state index contributed by atoms with van der Waals surface area (Å²) < 4.78 is 38.0. The summed E-state index contributed by atoms with van der Waals surface area (Å²) in [5, 5.41) is 3.46. The minimum atomic E-state index is -4.33. The van der Waals surface area contributed by atoms with Gasteiger partial charge in [-0.05, 0) is 18.9 Å². The second-order valence-corrected chi connectivity index (χ2v) is 2.92. The SMILES string of the molecule is CC.CC.CCCn1cc(C)c(C(F)(F)F)n1. The van der Waals surface area contributed by atoms with Gasteiger partial charge in [-0.15, -0.1) is 0 Å². The van der Waals surface area contributed by atoms with E-state index < -0.39 is 11.9 Å². The Balaban J connectivity index is 0. The zero-order valence-corrected chi connectivity index (χ0v) is 11.5. The van der Waals surface area contributed by atoms with Gasteiger partial charge in [0.15, 0.2) is 5.69 Å². The molecule has 2 nitrogen and oxygen atoms in total. The minimum absolute atomic E-state index is 0.181. The molecule has 0 radical (unpaired) electrons. The lowest BCUT2D eigenvalue weighted by atomic mass is 10.3. The molecule has 0 aliphatic carbocycles. The van der Waals surface area contributed by atoms with Crippen LogP contribution in [0.5, 0.6) is 0 Å². The van der Waals surface area contributed by atoms with E-state index in [1.54, 1.807) is 0 Å². The summed E-state index contributed by atoms with van der Waals surface area (Å²) in [5.41, 5.74) is -0.595. The fourth-order valence-corrected chi connectivity index (χ4v) is 1.14. The van der Waals surface area contributed by atoms with Crippen LogP contribution in [0.25, 0.3) is 0 Å². The van der Waals surface area contributed by atoms with E-state index in [1.165, 1.54) is 17.8 Å². The van der Waals surface area contributed by atoms with Crippen molar-refractivity contribution < 1.29 is 13.2 Å². The van der Waals surface area contributed by atoms with Gasteiger partial charge in [0.25, 0.3) is 0 Å². The van der Waals surface area contributed by atoms with Gasteiger partial charge in [0.1, 0.15) is 0 Å². The molecule has 0 unspecified atom stereocenters. The zero-order valence-electron chi connectivity index (χ0n) is 11.5. The molecule has 0 N–H and O–H groups in total. The van der Waals surface area contributed by atoms with Crippen LogP contribution in [0.2, 0.25) is 0 Å². The molecule has 0 amide bonds. The van der Waals surface area contributed by atoms with Gasteiger partial charge in [-0.25, -0.2) is 0 Å². The van der Waals surface area contributed by atoms with Gasteiger partial charge in [0.2, 0.25) is 0 Å². The summed E-state index contributed by atoms with van der Waals surface area (Å²) in [4.78, 5) is 0. The van der Waals surface area contributed by atoms with Crippen LogP contribution in [0.1, 0.15) is 52.3 Å². The summed E-state index contributed by atoms with van der Waals surface area (Å²) in [6.45, 7) is 11.8. The van der Waals surface area contributed by atoms with Crippen molar-refractivity contribution in [1.29, 1.82) is 0 Å². The number of alkyl halides is 3. The van der Waals surface area contributed by atoms with Crippen molar-refractivity contribution in [2.45, 2.75) is 60.7 Å². The van der Waals surface area contributed by atoms with Crippen LogP contribution in [-0.2, 0) is 12.7 Å². The molecule has 1 aromatic heterocycles. The molecular weight excluding hydrogens is 229 g/mol. The summed E-state index contributed by atoms with van der Waals surface area (Å²) in [5.74, 6) is 0. The Labute approximate surface area is 102 Å². The van der Waals surface area contributed by atoms with Crippen LogP contribution in [0.4, 0.5) is 13.2 Å². The van der Waals surface area contributed by atoms with Gasteiger partial charge in [-0.3, -0.25) is 4.68 Å². The fraction of sp³-hybridized carbons (Fsp3) is 0.750. The number of aromatic nitrogens is 2. The molecule has 0 aliphatic rings. The lowest BCUT2D eigenvalue weighted by Crippen LogP contribution is -2.09. The van der Waals surface area contributed by atoms with Gasteiger partial charge in [-0.1, -0.05) is 34.6 Å². The molecule has 0 saturated heterocycles. The lowest BCUT2D eigenvalue weighted by molar-refractivity contribution is -0.141. The van der Waals surface area contributed by atoms with Crippen LogP contribution in [0.3, 0.4) is 0 Å². The molecule has 0 atom stereocenters. The summed E-state index contributed by atoms with van der Waals surface area (Å²) in [6, 6.07) is 0. The maximum Gasteiger partial charge on any atom is 0.435 e. The standard InChI is InChI=1S/C8H11F3N2.2C2H6/c1-3-4-13-5-6(2)7(12-13)8(9,10)11;2*1-2/h5H,3-4H2,1-2H3;2*1-2H3. The highest BCUT2D eigenvalue weighted by molar-refractivity contribution is 5.17. The predicted octanol–water partition coefficient (Wildman–Crippen LogP) is 4.67. The van der Waals surface area contributed by atoms with Crippen LogP contribution < -0.4 is 0 Å². The monoisotopic (exact) mass is 252 g/mol. The third kappa shape index (κ3) is 6.34. The summed E-state index contributed by atoms with van der Waals surface area (Å²) in [6.07, 6.45) is -2.13. The smallest absolute Gasteiger partial charge is 0.272 e. The highest BCUT2D eigenvalue weighted by Gasteiger charge is 2.35. The van der Waals surface area contributed by atoms with Crippen LogP contribution in [0.15, 0.2) is 6.20 Å². The Morgan fingerprint density at radius 3 is 1.94 bits per heavy atom. The van der Waals surface area contributed by atoms with Gasteiger partial charge in [0, 0.05) is 12.7 Å². The maximum absolute atomic E-state index is 12.2. The first-order valence-corrected chi connectivity index (χ1v) is 6.06. The third-order valence-corrected chi connectivity index (χ3v) is 1.67. The van der Waals surface area contributed by atoms with Gasteiger partial charge < -0.3 is 0 Å². The summed E-state index contributed by atoms with van der Waals surface area (Å²) >= 11 is 0. The van der Waals surface area contributed by atoms with Crippen molar-refractivity contribution in [3.8, 4) is 0 Å². The number of nitrogens with zero attached hydrogens (tertiary/aromatic N) is 2. The van der Waals surface area contributed by atoms with Gasteiger partial charge >= 0.3 is 6.18 Å². The summed E-state index contributed by atoms with van der Waals surface area (Å²) in [7, 11) is 0. The fourth-order valence-electron chi connectivity index (χ4n) is 1.14. The first-order chi connectivity index (χ1) is 7.95. The van der Waals surface area contributed by atoms with Gasteiger partial charge in [0.05, 0.1) is 0 Å². The largest absolute Gasteiger partial charge is 0.435 e. The molecule has 1 rings (SSSR count). The molecule has 1 aromatic rings. The predicted molar refractivity (Wildman–Crippen MR) is 65.0 cm³/mol. The van der Waals surface area contributed by atoms with Crippen molar-refractivity contribution in [2.24, 2.45) is 0 Å². The first kappa shape index (κ1) is 18.4. The Kier molecular flexibility index (Phi) is 9.80. The Hall–Kier alpha value is -1.00. The maximum atomic E-state index is 12.2. The van der Waals surface area contributed by atoms with E-state index in [4.69, 9.17) is 0 Å². The quantitative estimate of drug-likeness (QED) is 0.747. The van der Waals surface area contributed by atoms with Crippen LogP contribution >= 0.6 is 0 Å². The zero-order chi connectivity index (χ0) is 14.1. The van der Waals surface area contributed by atoms with E-state index in [1.807, 2.05) is 34.6 Å². The molecule has 0 saturated carbocycles. The third-order valence-electron chi connectivity index (χ3n) is 1.67. The van der Waals surface area contributed by atoms with E-state index in [0.717, 1.165) is 6.42 Å². The highest BCUT2D eigenvalue weighted by atomic mass is 19.4. The number of rotatable bonds is 2. The average molecular weight is 252 g/mol. The van der Waals surface area contributed by atoms with E-state index >= 15 is 0 Å². The van der Waals surface area contributed by atoms with Crippen molar-refractivity contribution in [2.75, 3.05) is 0 Å². The first-order valence-electron chi connectivity index (χ1n) is 6.06. The molecule has 102 valence electrons. The molecule has 1 heterocycles. The normalized spacial score (nSPS) is 9.94. The number of aryl methyl sites for hydroxylation is 2. The van der Waals surface area contributed by atoms with E-state index in [0.29, 0.717) is 6.54 Å². The second-order valence-electron chi connectivity index (χ2n) is 2.92. The number of hydrogen-bond donors (Lipinski definition) is 0. The molecule has 0 aliphatic heterocycles. The van der Waals surface area contributed by atoms with E-state index in [9.17, 15) is 13.2 Å². The van der Waals surface area contributed by atoms with Crippen molar-refractivity contribution in [1.82, 2.24) is 9.78 Å². The Morgan fingerprint density at radius 2 is 1.65 bits per heavy atom. The molecule has 5 heteroatoms. The van der Waals surface area contributed by atoms with Crippen LogP contribution in [0, 0.1) is 6.92 Å². The topological polar surface area (TPSA) is 17.8 Å². The van der Waals surface area contributed by atoms with Crippen molar-refractivity contribution >= 4 is 0 Å². The molecule has 0 fully saturated rings. The van der Waals surface area contributed by atoms with E-state index in [2.05, 4.69) is 5.10 Å². The molecular formula is C12H23F3N2. The molecule has 0 bridgehead atoms. The van der Waals surface area contributed by atoms with Crippen molar-refractivity contribution in [3.63, 3.8) is 0 Å². The second kappa shape index (κ2) is 9.07. The molecule has 0 aromatic carbocycles. The highest BCUT2D eigenvalue weighted by Crippen LogP contribution is 2.30. The van der Waals surface area contributed by atoms with E-state index in [-0.39, 0.29) is 5.56 Å². The Morgan fingerprint density at radius 1 is 1.18 bits per heavy atom. The molecule has 17 heavy (non-hydrogen) atoms. The minimum Gasteiger partial charge on any atom is -0.272 e. The lowest BCUT2D eigenvalue weighted by Gasteiger charge is -2.02. The molecule has 0 spiro atoms.